The van der Waals surface area contributed by atoms with Crippen LogP contribution in [-0.2, 0) is 7.05 Å². The molecule has 1 aromatic rings. The average Bonchev–Trinajstić information content (AvgIpc) is 2.10. The van der Waals surface area contributed by atoms with Gasteiger partial charge in [-0.25, -0.2) is 0 Å². The van der Waals surface area contributed by atoms with Gasteiger partial charge in [-0.2, -0.15) is 0 Å². The Kier molecular flexibility index (Phi) is 3.37. The normalized spacial score (nSPS) is 10.1. The fourth-order valence-corrected chi connectivity index (χ4v) is 1.28. The van der Waals surface area contributed by atoms with E-state index >= 15 is 0 Å². The number of pyridine rings is 1. The van der Waals surface area contributed by atoms with Crippen LogP contribution in [0, 0.1) is 0 Å². The molecule has 0 bridgehead atoms. The lowest BCUT2D eigenvalue weighted by Crippen LogP contribution is -2.23. The minimum absolute atomic E-state index is 0.000998. The molecule has 1 aromatic heterocycles. The Balaban J connectivity index is 2.90. The Morgan fingerprint density at radius 2 is 2.31 bits per heavy atom. The zero-order chi connectivity index (χ0) is 9.84. The van der Waals surface area contributed by atoms with Crippen LogP contribution in [0.4, 0.5) is 5.69 Å². The maximum absolute atomic E-state index is 11.3. The molecule has 0 radical (unpaired) electrons. The van der Waals surface area contributed by atoms with E-state index in [1.807, 2.05) is 18.0 Å². The maximum atomic E-state index is 11.3. The lowest BCUT2D eigenvalue weighted by molar-refractivity contribution is 0.852. The van der Waals surface area contributed by atoms with Gasteiger partial charge in [0.2, 0.25) is 0 Å². The Labute approximate surface area is 82.5 Å². The van der Waals surface area contributed by atoms with Crippen LogP contribution in [0.1, 0.15) is 0 Å². The zero-order valence-electron chi connectivity index (χ0n) is 7.83. The summed E-state index contributed by atoms with van der Waals surface area (Å²) < 4.78 is 1.54. The third-order valence-corrected chi connectivity index (χ3v) is 2.12. The SMILES string of the molecule is CN(CCCl)c1ccn(C)c(=O)c1. The van der Waals surface area contributed by atoms with Gasteiger partial charge in [0, 0.05) is 44.5 Å². The van der Waals surface area contributed by atoms with Crippen LogP contribution in [0.3, 0.4) is 0 Å². The van der Waals surface area contributed by atoms with Crippen LogP contribution in [0.5, 0.6) is 0 Å². The molecular formula is C9H13ClN2O. The molecule has 0 aliphatic rings. The van der Waals surface area contributed by atoms with E-state index in [1.54, 1.807) is 19.3 Å². The number of hydrogen-bond donors (Lipinski definition) is 0. The second kappa shape index (κ2) is 4.33. The molecular weight excluding hydrogens is 188 g/mol. The smallest absolute Gasteiger partial charge is 0.252 e. The molecule has 0 saturated heterocycles. The van der Waals surface area contributed by atoms with E-state index in [9.17, 15) is 4.79 Å². The van der Waals surface area contributed by atoms with Gasteiger partial charge in [-0.15, -0.1) is 11.6 Å². The van der Waals surface area contributed by atoms with Crippen molar-refractivity contribution in [3.8, 4) is 0 Å². The second-order valence-electron chi connectivity index (χ2n) is 2.94. The van der Waals surface area contributed by atoms with E-state index < -0.39 is 0 Å². The predicted octanol–water partition coefficient (Wildman–Crippen LogP) is 1.06. The van der Waals surface area contributed by atoms with Gasteiger partial charge < -0.3 is 9.47 Å². The minimum atomic E-state index is -0.000998. The van der Waals surface area contributed by atoms with E-state index in [0.29, 0.717) is 5.88 Å². The monoisotopic (exact) mass is 200 g/mol. The van der Waals surface area contributed by atoms with E-state index in [1.165, 1.54) is 4.57 Å². The molecule has 0 fully saturated rings. The highest BCUT2D eigenvalue weighted by Crippen LogP contribution is 2.07. The van der Waals surface area contributed by atoms with Gasteiger partial charge >= 0.3 is 0 Å². The Morgan fingerprint density at radius 1 is 1.62 bits per heavy atom. The molecule has 0 unspecified atom stereocenters. The molecule has 0 saturated carbocycles. The first kappa shape index (κ1) is 10.1. The Hall–Kier alpha value is -0.960. The first-order chi connectivity index (χ1) is 6.15. The summed E-state index contributed by atoms with van der Waals surface area (Å²) in [5, 5.41) is 0. The fraction of sp³-hybridized carbons (Fsp3) is 0.444. The van der Waals surface area contributed by atoms with Crippen LogP contribution in [-0.4, -0.2) is 24.0 Å². The quantitative estimate of drug-likeness (QED) is 0.682. The highest BCUT2D eigenvalue weighted by Gasteiger charge is 2.00. The van der Waals surface area contributed by atoms with E-state index in [2.05, 4.69) is 0 Å². The maximum Gasteiger partial charge on any atom is 0.252 e. The van der Waals surface area contributed by atoms with Crippen LogP contribution in [0.25, 0.3) is 0 Å². The predicted molar refractivity (Wildman–Crippen MR) is 55.7 cm³/mol. The van der Waals surface area contributed by atoms with Crippen molar-refractivity contribution in [2.24, 2.45) is 7.05 Å². The van der Waals surface area contributed by atoms with Crippen LogP contribution >= 0.6 is 11.6 Å². The molecule has 4 heteroatoms. The largest absolute Gasteiger partial charge is 0.373 e. The van der Waals surface area contributed by atoms with Gasteiger partial charge in [-0.05, 0) is 6.07 Å². The average molecular weight is 201 g/mol. The molecule has 0 spiro atoms. The van der Waals surface area contributed by atoms with Crippen molar-refractivity contribution >= 4 is 17.3 Å². The minimum Gasteiger partial charge on any atom is -0.373 e. The van der Waals surface area contributed by atoms with Crippen molar-refractivity contribution in [2.45, 2.75) is 0 Å². The van der Waals surface area contributed by atoms with Gasteiger partial charge in [0.15, 0.2) is 0 Å². The molecule has 0 atom stereocenters. The Bertz CT molecular complexity index is 335. The van der Waals surface area contributed by atoms with Gasteiger partial charge in [0.1, 0.15) is 0 Å². The van der Waals surface area contributed by atoms with Crippen molar-refractivity contribution in [1.82, 2.24) is 4.57 Å². The number of anilines is 1. The highest BCUT2D eigenvalue weighted by atomic mass is 35.5. The molecule has 72 valence electrons. The summed E-state index contributed by atoms with van der Waals surface area (Å²) in [5.74, 6) is 0.561. The molecule has 1 rings (SSSR count). The first-order valence-corrected chi connectivity index (χ1v) is 4.62. The summed E-state index contributed by atoms with van der Waals surface area (Å²) in [5.41, 5.74) is 0.905. The van der Waals surface area contributed by atoms with Crippen LogP contribution in [0.15, 0.2) is 23.1 Å². The molecule has 13 heavy (non-hydrogen) atoms. The van der Waals surface area contributed by atoms with Crippen molar-refractivity contribution in [3.63, 3.8) is 0 Å². The summed E-state index contributed by atoms with van der Waals surface area (Å²) in [6, 6.07) is 3.50. The summed E-state index contributed by atoms with van der Waals surface area (Å²) in [6.45, 7) is 0.745. The standard InChI is InChI=1S/C9H13ClN2O/c1-11(6-4-10)8-3-5-12(2)9(13)7-8/h3,5,7H,4,6H2,1-2H3. The summed E-state index contributed by atoms with van der Waals surface area (Å²) in [4.78, 5) is 13.2. The van der Waals surface area contributed by atoms with Crippen LogP contribution < -0.4 is 10.5 Å². The third-order valence-electron chi connectivity index (χ3n) is 1.95. The lowest BCUT2D eigenvalue weighted by atomic mass is 10.3. The third kappa shape index (κ3) is 2.49. The number of hydrogen-bond acceptors (Lipinski definition) is 2. The van der Waals surface area contributed by atoms with E-state index in [-0.39, 0.29) is 5.56 Å². The van der Waals surface area contributed by atoms with E-state index in [4.69, 9.17) is 11.6 Å². The van der Waals surface area contributed by atoms with Crippen molar-refractivity contribution in [3.05, 3.63) is 28.7 Å². The molecule has 0 aliphatic carbocycles. The first-order valence-electron chi connectivity index (χ1n) is 4.09. The number of alkyl halides is 1. The van der Waals surface area contributed by atoms with Crippen molar-refractivity contribution in [2.75, 3.05) is 24.4 Å². The van der Waals surface area contributed by atoms with Crippen molar-refractivity contribution in [1.29, 1.82) is 0 Å². The molecule has 0 N–H and O–H groups in total. The number of rotatable bonds is 3. The highest BCUT2D eigenvalue weighted by molar-refractivity contribution is 6.18. The molecule has 0 aliphatic heterocycles. The summed E-state index contributed by atoms with van der Waals surface area (Å²) in [6.07, 6.45) is 1.75. The number of aromatic nitrogens is 1. The topological polar surface area (TPSA) is 25.2 Å². The molecule has 3 nitrogen and oxygen atoms in total. The zero-order valence-corrected chi connectivity index (χ0v) is 8.58. The van der Waals surface area contributed by atoms with Crippen molar-refractivity contribution < 1.29 is 0 Å². The Morgan fingerprint density at radius 3 is 2.85 bits per heavy atom. The molecule has 1 heterocycles. The second-order valence-corrected chi connectivity index (χ2v) is 3.32. The lowest BCUT2D eigenvalue weighted by Gasteiger charge is -2.17. The number of aryl methyl sites for hydroxylation is 1. The van der Waals surface area contributed by atoms with E-state index in [0.717, 1.165) is 12.2 Å². The molecule has 0 aromatic carbocycles. The van der Waals surface area contributed by atoms with Crippen LogP contribution in [0.2, 0.25) is 0 Å². The van der Waals surface area contributed by atoms with Gasteiger partial charge in [-0.1, -0.05) is 0 Å². The summed E-state index contributed by atoms with van der Waals surface area (Å²) in [7, 11) is 3.64. The van der Waals surface area contributed by atoms with Gasteiger partial charge in [0.25, 0.3) is 5.56 Å². The fourth-order valence-electron chi connectivity index (χ4n) is 1.03. The summed E-state index contributed by atoms with van der Waals surface area (Å²) >= 11 is 5.59. The number of nitrogens with zero attached hydrogens (tertiary/aromatic N) is 2. The molecule has 0 amide bonds. The van der Waals surface area contributed by atoms with Gasteiger partial charge in [0.05, 0.1) is 0 Å². The van der Waals surface area contributed by atoms with Gasteiger partial charge in [-0.3, -0.25) is 4.79 Å². The number of halogens is 1.